The highest BCUT2D eigenvalue weighted by Crippen LogP contribution is 2.46. The number of phenols is 1. The summed E-state index contributed by atoms with van der Waals surface area (Å²) in [5.74, 6) is -0.932. The summed E-state index contributed by atoms with van der Waals surface area (Å²) in [6.45, 7) is -0.201. The predicted octanol–water partition coefficient (Wildman–Crippen LogP) is 2.72. The molecular weight excluding hydrogens is 437 g/mol. The maximum absolute atomic E-state index is 13.2. The molecule has 0 unspecified atom stereocenters. The largest absolute Gasteiger partial charge is 0.505 e. The lowest BCUT2D eigenvalue weighted by Crippen LogP contribution is -2.25. The van der Waals surface area contributed by atoms with E-state index < -0.39 is 10.0 Å². The van der Waals surface area contributed by atoms with E-state index in [1.165, 1.54) is 29.9 Å². The summed E-state index contributed by atoms with van der Waals surface area (Å²) in [4.78, 5) is 4.35. The summed E-state index contributed by atoms with van der Waals surface area (Å²) in [6.07, 6.45) is 4.51. The zero-order valence-electron chi connectivity index (χ0n) is 17.4. The number of hydrogen-bond acceptors (Lipinski definition) is 6. The molecule has 0 aliphatic rings. The highest BCUT2D eigenvalue weighted by atomic mass is 32.2. The molecule has 2 heterocycles. The number of aromatic hydroxyl groups is 2. The van der Waals surface area contributed by atoms with Gasteiger partial charge in [0, 0.05) is 36.8 Å². The highest BCUT2D eigenvalue weighted by molar-refractivity contribution is 7.92. The molecule has 168 valence electrons. The van der Waals surface area contributed by atoms with Crippen molar-refractivity contribution in [1.29, 1.82) is 0 Å². The van der Waals surface area contributed by atoms with E-state index in [1.54, 1.807) is 24.4 Å². The van der Waals surface area contributed by atoms with Crippen molar-refractivity contribution < 1.29 is 28.1 Å². The van der Waals surface area contributed by atoms with Crippen LogP contribution in [0.4, 0.5) is 10.1 Å². The van der Waals surface area contributed by atoms with Gasteiger partial charge < -0.3 is 19.9 Å². The molecule has 4 rings (SSSR count). The van der Waals surface area contributed by atoms with E-state index >= 15 is 0 Å². The molecule has 3 N–H and O–H groups in total. The van der Waals surface area contributed by atoms with E-state index in [4.69, 9.17) is 0 Å². The summed E-state index contributed by atoms with van der Waals surface area (Å²) in [5, 5.41) is 31.5. The number of pyridine rings is 1. The number of rotatable bonds is 6. The van der Waals surface area contributed by atoms with E-state index in [-0.39, 0.29) is 47.2 Å². The quantitative estimate of drug-likeness (QED) is 0.408. The summed E-state index contributed by atoms with van der Waals surface area (Å²) in [7, 11) is -2.32. The first kappa shape index (κ1) is 21.8. The molecule has 0 radical (unpaired) electrons. The van der Waals surface area contributed by atoms with Gasteiger partial charge in [0.15, 0.2) is 5.75 Å². The fourth-order valence-corrected chi connectivity index (χ4v) is 4.35. The maximum Gasteiger partial charge on any atom is 0.232 e. The smallest absolute Gasteiger partial charge is 0.232 e. The molecule has 2 aromatic heterocycles. The Bertz CT molecular complexity index is 1430. The van der Waals surface area contributed by atoms with Crippen LogP contribution in [0.3, 0.4) is 0 Å². The number of halogens is 1. The van der Waals surface area contributed by atoms with Crippen molar-refractivity contribution in [3.8, 4) is 11.6 Å². The van der Waals surface area contributed by atoms with Crippen LogP contribution in [-0.2, 0) is 23.0 Å². The number of fused-ring (bicyclic) bond motifs is 2. The molecule has 0 bridgehead atoms. The molecule has 0 amide bonds. The second kappa shape index (κ2) is 7.95. The molecule has 8 nitrogen and oxygen atoms in total. The average molecular weight is 459 g/mol. The first-order chi connectivity index (χ1) is 15.1. The SMILES string of the molecule is CN(c1c2cc(Cc3ccc(F)cc3)cnc2c(O)c2c(O)n(CCO)cc12)S(C)(=O)=O. The second-order valence-electron chi connectivity index (χ2n) is 7.63. The van der Waals surface area contributed by atoms with Gasteiger partial charge in [0.25, 0.3) is 0 Å². The van der Waals surface area contributed by atoms with Gasteiger partial charge in [-0.05, 0) is 35.7 Å². The van der Waals surface area contributed by atoms with E-state index in [1.807, 2.05) is 0 Å². The molecule has 0 fully saturated rings. The standard InChI is InChI=1S/C22H22FN3O5S/c1-25(32(2,30)31)20-16-10-14(9-13-3-5-15(23)6-4-13)11-24-19(16)21(28)18-17(20)12-26(7-8-27)22(18)29/h3-6,10-12,27-29H,7-9H2,1-2H3. The summed E-state index contributed by atoms with van der Waals surface area (Å²) < 4.78 is 40.5. The van der Waals surface area contributed by atoms with E-state index in [9.17, 15) is 28.1 Å². The number of anilines is 1. The number of benzene rings is 2. The normalized spacial score (nSPS) is 12.0. The van der Waals surface area contributed by atoms with Gasteiger partial charge in [-0.2, -0.15) is 0 Å². The van der Waals surface area contributed by atoms with Gasteiger partial charge in [-0.25, -0.2) is 12.8 Å². The lowest BCUT2D eigenvalue weighted by Gasteiger charge is -2.21. The van der Waals surface area contributed by atoms with Crippen LogP contribution in [0.15, 0.2) is 42.7 Å². The average Bonchev–Trinajstić information content (AvgIpc) is 3.05. The molecular formula is C22H22FN3O5S. The van der Waals surface area contributed by atoms with Crippen molar-refractivity contribution in [2.75, 3.05) is 24.2 Å². The number of aromatic nitrogens is 2. The fraction of sp³-hybridized carbons (Fsp3) is 0.227. The van der Waals surface area contributed by atoms with Gasteiger partial charge >= 0.3 is 0 Å². The number of phenolic OH excluding ortho intramolecular Hbond substituents is 1. The van der Waals surface area contributed by atoms with Crippen molar-refractivity contribution in [1.82, 2.24) is 9.55 Å². The van der Waals surface area contributed by atoms with Crippen molar-refractivity contribution in [2.45, 2.75) is 13.0 Å². The van der Waals surface area contributed by atoms with Crippen molar-refractivity contribution in [3.05, 3.63) is 59.7 Å². The number of hydrogen-bond donors (Lipinski definition) is 3. The molecule has 0 aliphatic carbocycles. The number of sulfonamides is 1. The van der Waals surface area contributed by atoms with Crippen LogP contribution < -0.4 is 4.31 Å². The van der Waals surface area contributed by atoms with E-state index in [2.05, 4.69) is 4.98 Å². The van der Waals surface area contributed by atoms with E-state index in [0.717, 1.165) is 21.7 Å². The second-order valence-corrected chi connectivity index (χ2v) is 9.64. The topological polar surface area (TPSA) is 116 Å². The lowest BCUT2D eigenvalue weighted by molar-refractivity contribution is 0.268. The molecule has 0 atom stereocenters. The van der Waals surface area contributed by atoms with E-state index in [0.29, 0.717) is 17.2 Å². The van der Waals surface area contributed by atoms with Crippen LogP contribution in [-0.4, -0.2) is 53.2 Å². The first-order valence-corrected chi connectivity index (χ1v) is 11.6. The van der Waals surface area contributed by atoms with Crippen LogP contribution in [0, 0.1) is 5.82 Å². The van der Waals surface area contributed by atoms with Crippen LogP contribution in [0.2, 0.25) is 0 Å². The molecule has 10 heteroatoms. The zero-order valence-corrected chi connectivity index (χ0v) is 18.3. The molecule has 2 aromatic carbocycles. The van der Waals surface area contributed by atoms with Gasteiger partial charge in [0.1, 0.15) is 11.3 Å². The number of nitrogens with zero attached hydrogens (tertiary/aromatic N) is 3. The van der Waals surface area contributed by atoms with Gasteiger partial charge in [0.05, 0.1) is 23.9 Å². The van der Waals surface area contributed by atoms with Crippen molar-refractivity contribution in [2.24, 2.45) is 0 Å². The van der Waals surface area contributed by atoms with Gasteiger partial charge in [-0.1, -0.05) is 12.1 Å². The molecule has 0 saturated carbocycles. The van der Waals surface area contributed by atoms with Crippen molar-refractivity contribution in [3.63, 3.8) is 0 Å². The fourth-order valence-electron chi connectivity index (χ4n) is 3.82. The van der Waals surface area contributed by atoms with Crippen LogP contribution in [0.25, 0.3) is 21.7 Å². The number of aliphatic hydroxyl groups is 1. The third-order valence-electron chi connectivity index (χ3n) is 5.44. The Hall–Kier alpha value is -3.37. The Kier molecular flexibility index (Phi) is 5.43. The third-order valence-corrected chi connectivity index (χ3v) is 6.62. The number of aliphatic hydroxyl groups excluding tert-OH is 1. The Morgan fingerprint density at radius 2 is 1.81 bits per heavy atom. The lowest BCUT2D eigenvalue weighted by atomic mass is 10.0. The van der Waals surface area contributed by atoms with Gasteiger partial charge in [0.2, 0.25) is 15.9 Å². The Labute approximate surface area is 183 Å². The molecule has 4 aromatic rings. The third kappa shape index (κ3) is 3.71. The van der Waals surface area contributed by atoms with Gasteiger partial charge in [-0.15, -0.1) is 0 Å². The highest BCUT2D eigenvalue weighted by Gasteiger charge is 2.26. The Balaban J connectivity index is 2.02. The first-order valence-electron chi connectivity index (χ1n) is 9.76. The Morgan fingerprint density at radius 1 is 1.12 bits per heavy atom. The minimum Gasteiger partial charge on any atom is -0.505 e. The van der Waals surface area contributed by atoms with Crippen LogP contribution in [0.5, 0.6) is 11.6 Å². The Morgan fingerprint density at radius 3 is 2.44 bits per heavy atom. The van der Waals surface area contributed by atoms with Crippen LogP contribution in [0.1, 0.15) is 11.1 Å². The van der Waals surface area contributed by atoms with Gasteiger partial charge in [-0.3, -0.25) is 9.29 Å². The molecule has 32 heavy (non-hydrogen) atoms. The maximum atomic E-state index is 13.2. The minimum atomic E-state index is -3.70. The molecule has 0 spiro atoms. The van der Waals surface area contributed by atoms with Crippen LogP contribution >= 0.6 is 0 Å². The minimum absolute atomic E-state index is 0.0511. The zero-order chi connectivity index (χ0) is 23.2. The van der Waals surface area contributed by atoms with Crippen molar-refractivity contribution >= 4 is 37.4 Å². The molecule has 0 saturated heterocycles. The summed E-state index contributed by atoms with van der Waals surface area (Å²) >= 11 is 0. The summed E-state index contributed by atoms with van der Waals surface area (Å²) in [6, 6.07) is 7.74. The monoisotopic (exact) mass is 459 g/mol. The predicted molar refractivity (Wildman–Crippen MR) is 120 cm³/mol. The summed E-state index contributed by atoms with van der Waals surface area (Å²) in [5.41, 5.74) is 1.94. The molecule has 0 aliphatic heterocycles.